The summed E-state index contributed by atoms with van der Waals surface area (Å²) >= 11 is 0. The Bertz CT molecular complexity index is 3010. The molecule has 11 rings (SSSR count). The molecule has 0 unspecified atom stereocenters. The van der Waals surface area contributed by atoms with E-state index in [1.165, 1.54) is 54.4 Å². The van der Waals surface area contributed by atoms with Crippen LogP contribution in [0, 0.1) is 18.5 Å². The molecular weight excluding hydrogens is 791 g/mol. The van der Waals surface area contributed by atoms with Crippen molar-refractivity contribution >= 4 is 70.9 Å². The normalized spacial score (nSPS) is 11.6. The van der Waals surface area contributed by atoms with E-state index in [1.807, 2.05) is 70.8 Å². The van der Waals surface area contributed by atoms with Crippen molar-refractivity contribution in [2.24, 2.45) is 14.1 Å². The first-order valence-corrected chi connectivity index (χ1v) is 16.5. The molecule has 238 valence electrons. The smallest absolute Gasteiger partial charge is 0.366 e. The number of rotatable bonds is 2. The molecule has 5 nitrogen and oxygen atoms in total. The zero-order valence-corrected chi connectivity index (χ0v) is 29.7. The first kappa shape index (κ1) is 30.3. The molecule has 4 heterocycles. The molecule has 0 saturated heterocycles. The standard InChI is InChI=1S/C30H18N3.C14H11N2.Ir/c1-32-29-22-15-17-26-27(20(22)14-16-24(29)31-30(32)18-8-3-2-4-9-18)23-12-7-11-21-19-10-5-6-13-25(19)33(26)28(21)23;1-15-11-16(12-7-3-2-4-8-12)14-10-6-5-9-13(14)15;/h2-8,10-17H,1H3;2-7,9-10H,1H3;/q2*-1;+3. The van der Waals surface area contributed by atoms with Crippen molar-refractivity contribution in [3.63, 3.8) is 0 Å². The minimum atomic E-state index is 0. The second kappa shape index (κ2) is 11.7. The van der Waals surface area contributed by atoms with E-state index in [2.05, 4.69) is 119 Å². The molecule has 0 fully saturated rings. The molecule has 0 radical (unpaired) electrons. The van der Waals surface area contributed by atoms with Gasteiger partial charge in [0.2, 0.25) is 6.33 Å². The van der Waals surface area contributed by atoms with E-state index >= 15 is 0 Å². The molecule has 0 atom stereocenters. The van der Waals surface area contributed by atoms with Crippen LogP contribution in [0.15, 0.2) is 140 Å². The summed E-state index contributed by atoms with van der Waals surface area (Å²) in [5, 5.41) is 7.75. The Morgan fingerprint density at radius 2 is 1.28 bits per heavy atom. The van der Waals surface area contributed by atoms with Crippen molar-refractivity contribution < 1.29 is 24.7 Å². The van der Waals surface area contributed by atoms with Crippen LogP contribution in [0.5, 0.6) is 0 Å². The second-order valence-electron chi connectivity index (χ2n) is 12.5. The number of hydrogen-bond acceptors (Lipinski definition) is 1. The molecule has 0 amide bonds. The van der Waals surface area contributed by atoms with Crippen LogP contribution in [-0.2, 0) is 34.2 Å². The summed E-state index contributed by atoms with van der Waals surface area (Å²) in [6.45, 7) is 0. The van der Waals surface area contributed by atoms with E-state index in [1.54, 1.807) is 0 Å². The third kappa shape index (κ3) is 4.36. The van der Waals surface area contributed by atoms with Gasteiger partial charge in [-0.25, -0.2) is 0 Å². The summed E-state index contributed by atoms with van der Waals surface area (Å²) in [7, 11) is 4.11. The Balaban J connectivity index is 0.000000167. The first-order valence-electron chi connectivity index (χ1n) is 16.5. The number of aryl methyl sites for hydroxylation is 2. The van der Waals surface area contributed by atoms with Crippen molar-refractivity contribution in [2.45, 2.75) is 0 Å². The van der Waals surface area contributed by atoms with E-state index in [4.69, 9.17) is 4.98 Å². The van der Waals surface area contributed by atoms with E-state index in [-0.39, 0.29) is 20.1 Å². The van der Waals surface area contributed by atoms with Crippen LogP contribution in [0.4, 0.5) is 0 Å². The maximum Gasteiger partial charge on any atom is 3.00 e. The van der Waals surface area contributed by atoms with Crippen LogP contribution < -0.4 is 4.57 Å². The molecule has 0 N–H and O–H groups in total. The minimum absolute atomic E-state index is 0. The zero-order valence-electron chi connectivity index (χ0n) is 27.3. The van der Waals surface area contributed by atoms with Gasteiger partial charge in [-0.1, -0.05) is 78.5 Å². The predicted molar refractivity (Wildman–Crippen MR) is 199 cm³/mol. The van der Waals surface area contributed by atoms with Crippen molar-refractivity contribution in [3.8, 4) is 17.1 Å². The number of para-hydroxylation sites is 5. The second-order valence-corrected chi connectivity index (χ2v) is 12.5. The van der Waals surface area contributed by atoms with E-state index in [0.29, 0.717) is 0 Å². The molecule has 0 bridgehead atoms. The molecule has 0 aliphatic carbocycles. The predicted octanol–water partition coefficient (Wildman–Crippen LogP) is 9.40. The van der Waals surface area contributed by atoms with Gasteiger partial charge in [-0.2, -0.15) is 30.3 Å². The van der Waals surface area contributed by atoms with Crippen LogP contribution in [0.3, 0.4) is 0 Å². The molecule has 4 aromatic heterocycles. The number of nitrogens with zero attached hydrogens (tertiary/aromatic N) is 5. The first-order chi connectivity index (χ1) is 24.2. The van der Waals surface area contributed by atoms with Gasteiger partial charge in [0.05, 0.1) is 51.5 Å². The van der Waals surface area contributed by atoms with Crippen molar-refractivity contribution in [1.29, 1.82) is 0 Å². The summed E-state index contributed by atoms with van der Waals surface area (Å²) in [4.78, 5) is 4.96. The van der Waals surface area contributed by atoms with Gasteiger partial charge in [-0.05, 0) is 23.6 Å². The average Bonchev–Trinajstić information content (AvgIpc) is 3.90. The zero-order chi connectivity index (χ0) is 32.6. The fourth-order valence-electron chi connectivity index (χ4n) is 7.72. The number of aromatic nitrogens is 5. The van der Waals surface area contributed by atoms with Gasteiger partial charge in [0.15, 0.2) is 0 Å². The van der Waals surface area contributed by atoms with Gasteiger partial charge in [-0.3, -0.25) is 4.98 Å². The van der Waals surface area contributed by atoms with Crippen molar-refractivity contribution in [2.75, 3.05) is 0 Å². The Labute approximate surface area is 301 Å². The van der Waals surface area contributed by atoms with Crippen LogP contribution in [0.1, 0.15) is 0 Å². The van der Waals surface area contributed by atoms with E-state index in [0.717, 1.165) is 33.6 Å². The SMILES string of the molecule is C[n+]1[c-]n(-c2[c-]cccc2)c2ccccc21.Cn1c(-c2[c-]cccc2)nc2ccc3c(ccc4c3c3cccc5c6ccccc6n4c53)c21.[Ir+3]. The number of hydrogen-bond donors (Lipinski definition) is 0. The molecule has 0 aliphatic rings. The molecule has 6 heteroatoms. The third-order valence-corrected chi connectivity index (χ3v) is 9.83. The number of fused-ring (bicyclic) bond motifs is 11. The summed E-state index contributed by atoms with van der Waals surface area (Å²) in [6, 6.07) is 55.1. The Morgan fingerprint density at radius 3 is 2.10 bits per heavy atom. The van der Waals surface area contributed by atoms with Gasteiger partial charge in [-0.15, -0.1) is 35.9 Å². The number of benzene rings is 7. The summed E-state index contributed by atoms with van der Waals surface area (Å²) in [5.74, 6) is 0.943. The van der Waals surface area contributed by atoms with Crippen LogP contribution in [-0.4, -0.2) is 18.5 Å². The van der Waals surface area contributed by atoms with Crippen molar-refractivity contribution in [3.05, 3.63) is 158 Å². The Hall–Kier alpha value is -5.81. The van der Waals surface area contributed by atoms with Crippen LogP contribution in [0.2, 0.25) is 0 Å². The molecular formula is C44H29IrN5+. The molecule has 11 aromatic rings. The largest absolute Gasteiger partial charge is 3.00 e. The fraction of sp³-hybridized carbons (Fsp3) is 0.0455. The van der Waals surface area contributed by atoms with Crippen LogP contribution in [0.25, 0.3) is 88.0 Å². The number of imidazole rings is 2. The van der Waals surface area contributed by atoms with Gasteiger partial charge in [0.1, 0.15) is 0 Å². The quantitative estimate of drug-likeness (QED) is 0.126. The average molecular weight is 820 g/mol. The topological polar surface area (TPSA) is 31.0 Å². The maximum absolute atomic E-state index is 4.96. The summed E-state index contributed by atoms with van der Waals surface area (Å²) < 4.78 is 8.67. The molecule has 7 aromatic carbocycles. The van der Waals surface area contributed by atoms with Gasteiger partial charge in [0.25, 0.3) is 0 Å². The van der Waals surface area contributed by atoms with Crippen LogP contribution >= 0.6 is 0 Å². The fourth-order valence-corrected chi connectivity index (χ4v) is 7.72. The van der Waals surface area contributed by atoms with E-state index < -0.39 is 0 Å². The van der Waals surface area contributed by atoms with Gasteiger partial charge in [0, 0.05) is 34.0 Å². The maximum atomic E-state index is 4.96. The van der Waals surface area contributed by atoms with Gasteiger partial charge < -0.3 is 18.1 Å². The monoisotopic (exact) mass is 820 g/mol. The van der Waals surface area contributed by atoms with E-state index in [9.17, 15) is 0 Å². The Morgan fingerprint density at radius 1 is 0.580 bits per heavy atom. The molecule has 0 spiro atoms. The third-order valence-electron chi connectivity index (χ3n) is 9.83. The molecule has 50 heavy (non-hydrogen) atoms. The molecule has 0 saturated carbocycles. The van der Waals surface area contributed by atoms with Gasteiger partial charge >= 0.3 is 20.1 Å². The summed E-state index contributed by atoms with van der Waals surface area (Å²) in [5.41, 5.74) is 10.3. The summed E-state index contributed by atoms with van der Waals surface area (Å²) in [6.07, 6.45) is 3.27. The minimum Gasteiger partial charge on any atom is -0.366 e. The molecule has 0 aliphatic heterocycles. The Kier molecular flexibility index (Phi) is 7.06. The van der Waals surface area contributed by atoms with Crippen molar-refractivity contribution in [1.82, 2.24) is 18.5 Å².